The Bertz CT molecular complexity index is 729. The molecule has 20 heavy (non-hydrogen) atoms. The van der Waals surface area contributed by atoms with E-state index < -0.39 is 0 Å². The molecule has 0 unspecified atom stereocenters. The summed E-state index contributed by atoms with van der Waals surface area (Å²) >= 11 is 0. The van der Waals surface area contributed by atoms with Gasteiger partial charge in [-0.15, -0.1) is 0 Å². The summed E-state index contributed by atoms with van der Waals surface area (Å²) in [5.74, 6) is -0.389. The Labute approximate surface area is 118 Å². The first kappa shape index (κ1) is 14.3. The molecule has 0 radical (unpaired) electrons. The summed E-state index contributed by atoms with van der Waals surface area (Å²) in [7, 11) is 0. The Morgan fingerprint density at radius 3 is 2.50 bits per heavy atom. The van der Waals surface area contributed by atoms with Crippen LogP contribution in [0.4, 0.5) is 0 Å². The van der Waals surface area contributed by atoms with E-state index in [9.17, 15) is 9.59 Å². The Balaban J connectivity index is 2.70. The monoisotopic (exact) mass is 273 g/mol. The molecule has 0 amide bonds. The topological polar surface area (TPSA) is 48.3 Å². The predicted molar refractivity (Wildman–Crippen MR) is 79.1 cm³/mol. The molecular formula is C16H19NO3. The molecule has 2 aromatic rings. The lowest BCUT2D eigenvalue weighted by atomic mass is 10.0. The largest absolute Gasteiger partial charge is 0.465 e. The van der Waals surface area contributed by atoms with E-state index in [0.717, 1.165) is 27.6 Å². The number of hydrogen-bond donors (Lipinski definition) is 0. The fraction of sp³-hybridized carbons (Fsp3) is 0.375. The van der Waals surface area contributed by atoms with Gasteiger partial charge in [-0.2, -0.15) is 0 Å². The first-order valence-electron chi connectivity index (χ1n) is 6.71. The number of pyridine rings is 1. The maximum atomic E-state index is 12.2. The third-order valence-electron chi connectivity index (χ3n) is 3.34. The minimum Gasteiger partial charge on any atom is -0.465 e. The van der Waals surface area contributed by atoms with Gasteiger partial charge >= 0.3 is 5.97 Å². The molecule has 0 atom stereocenters. The van der Waals surface area contributed by atoms with Gasteiger partial charge in [0.2, 0.25) is 0 Å². The summed E-state index contributed by atoms with van der Waals surface area (Å²) in [6.45, 7) is 7.91. The molecular weight excluding hydrogens is 254 g/mol. The maximum Gasteiger partial charge on any atom is 0.326 e. The molecule has 0 spiro atoms. The van der Waals surface area contributed by atoms with Crippen molar-refractivity contribution < 1.29 is 9.53 Å². The smallest absolute Gasteiger partial charge is 0.326 e. The van der Waals surface area contributed by atoms with E-state index in [4.69, 9.17) is 4.74 Å². The lowest BCUT2D eigenvalue weighted by Gasteiger charge is -2.14. The second kappa shape index (κ2) is 5.49. The van der Waals surface area contributed by atoms with Crippen LogP contribution < -0.4 is 5.56 Å². The highest BCUT2D eigenvalue weighted by Gasteiger charge is 2.13. The SMILES string of the molecule is CCOC(=O)Cn1c(=O)cc(C)c2cc(C)cc(C)c21. The van der Waals surface area contributed by atoms with E-state index in [2.05, 4.69) is 0 Å². The molecule has 1 heterocycles. The molecule has 2 rings (SSSR count). The maximum absolute atomic E-state index is 12.2. The summed E-state index contributed by atoms with van der Waals surface area (Å²) < 4.78 is 6.44. The number of rotatable bonds is 3. The van der Waals surface area contributed by atoms with E-state index in [-0.39, 0.29) is 18.1 Å². The van der Waals surface area contributed by atoms with Crippen LogP contribution in [0.3, 0.4) is 0 Å². The zero-order valence-corrected chi connectivity index (χ0v) is 12.3. The van der Waals surface area contributed by atoms with Gasteiger partial charge in [0.1, 0.15) is 6.54 Å². The minimum atomic E-state index is -0.389. The Morgan fingerprint density at radius 2 is 1.85 bits per heavy atom. The highest BCUT2D eigenvalue weighted by atomic mass is 16.5. The van der Waals surface area contributed by atoms with Crippen LogP contribution in [0.25, 0.3) is 10.9 Å². The van der Waals surface area contributed by atoms with E-state index in [1.54, 1.807) is 13.0 Å². The fourth-order valence-corrected chi connectivity index (χ4v) is 2.56. The summed E-state index contributed by atoms with van der Waals surface area (Å²) in [6, 6.07) is 5.63. The van der Waals surface area contributed by atoms with Gasteiger partial charge in [0, 0.05) is 11.5 Å². The van der Waals surface area contributed by atoms with Crippen molar-refractivity contribution in [1.29, 1.82) is 0 Å². The van der Waals surface area contributed by atoms with Crippen molar-refractivity contribution in [2.24, 2.45) is 0 Å². The van der Waals surface area contributed by atoms with Gasteiger partial charge in [-0.05, 0) is 44.9 Å². The quantitative estimate of drug-likeness (QED) is 0.807. The molecule has 0 fully saturated rings. The van der Waals surface area contributed by atoms with E-state index >= 15 is 0 Å². The third-order valence-corrected chi connectivity index (χ3v) is 3.34. The zero-order valence-electron chi connectivity index (χ0n) is 12.3. The molecule has 1 aromatic heterocycles. The van der Waals surface area contributed by atoms with Gasteiger partial charge in [0.25, 0.3) is 5.56 Å². The van der Waals surface area contributed by atoms with Gasteiger partial charge < -0.3 is 4.74 Å². The van der Waals surface area contributed by atoms with Gasteiger partial charge in [0.05, 0.1) is 12.1 Å². The standard InChI is InChI=1S/C16H19NO3/c1-5-20-15(19)9-17-14(18)8-11(3)13-7-10(2)6-12(4)16(13)17/h6-8H,5,9H2,1-4H3. The average molecular weight is 273 g/mol. The highest BCUT2D eigenvalue weighted by Crippen LogP contribution is 2.22. The number of carbonyl (C=O) groups excluding carboxylic acids is 1. The second-order valence-corrected chi connectivity index (χ2v) is 5.03. The van der Waals surface area contributed by atoms with Crippen LogP contribution in [0.2, 0.25) is 0 Å². The van der Waals surface area contributed by atoms with Crippen molar-refractivity contribution >= 4 is 16.9 Å². The predicted octanol–water partition coefficient (Wildman–Crippen LogP) is 2.49. The molecule has 0 aliphatic carbocycles. The Kier molecular flexibility index (Phi) is 3.93. The molecule has 0 aliphatic heterocycles. The van der Waals surface area contributed by atoms with Gasteiger partial charge in [-0.25, -0.2) is 0 Å². The summed E-state index contributed by atoms with van der Waals surface area (Å²) in [5.41, 5.74) is 3.70. The molecule has 4 heteroatoms. The van der Waals surface area contributed by atoms with Crippen molar-refractivity contribution in [2.45, 2.75) is 34.2 Å². The third kappa shape index (κ3) is 2.59. The lowest BCUT2D eigenvalue weighted by Crippen LogP contribution is -2.26. The number of nitrogens with zero attached hydrogens (tertiary/aromatic N) is 1. The van der Waals surface area contributed by atoms with Gasteiger partial charge in [0.15, 0.2) is 0 Å². The molecule has 0 N–H and O–H groups in total. The van der Waals surface area contributed by atoms with Crippen LogP contribution in [-0.4, -0.2) is 17.1 Å². The number of carbonyl (C=O) groups is 1. The minimum absolute atomic E-state index is 0.0483. The van der Waals surface area contributed by atoms with Crippen molar-refractivity contribution in [3.63, 3.8) is 0 Å². The van der Waals surface area contributed by atoms with Crippen LogP contribution >= 0.6 is 0 Å². The molecule has 1 aromatic carbocycles. The van der Waals surface area contributed by atoms with Crippen molar-refractivity contribution in [2.75, 3.05) is 6.61 Å². The summed E-state index contributed by atoms with van der Waals surface area (Å²) in [5, 5.41) is 1.01. The van der Waals surface area contributed by atoms with E-state index in [1.807, 2.05) is 32.9 Å². The molecule has 0 saturated carbocycles. The number of aryl methyl sites for hydroxylation is 3. The molecule has 0 bridgehead atoms. The number of hydrogen-bond acceptors (Lipinski definition) is 3. The van der Waals surface area contributed by atoms with Crippen LogP contribution in [0.15, 0.2) is 23.0 Å². The number of esters is 1. The van der Waals surface area contributed by atoms with Crippen LogP contribution in [-0.2, 0) is 16.1 Å². The average Bonchev–Trinajstić information content (AvgIpc) is 2.34. The van der Waals surface area contributed by atoms with Gasteiger partial charge in [-0.3, -0.25) is 14.2 Å². The van der Waals surface area contributed by atoms with Gasteiger partial charge in [-0.1, -0.05) is 11.6 Å². The van der Waals surface area contributed by atoms with E-state index in [1.165, 1.54) is 4.57 Å². The number of aromatic nitrogens is 1. The molecule has 4 nitrogen and oxygen atoms in total. The number of ether oxygens (including phenoxy) is 1. The van der Waals surface area contributed by atoms with Crippen molar-refractivity contribution in [3.8, 4) is 0 Å². The highest BCUT2D eigenvalue weighted by molar-refractivity contribution is 5.87. The van der Waals surface area contributed by atoms with Crippen LogP contribution in [0.5, 0.6) is 0 Å². The molecule has 0 saturated heterocycles. The molecule has 0 aliphatic rings. The first-order chi connectivity index (χ1) is 9.43. The first-order valence-corrected chi connectivity index (χ1v) is 6.71. The summed E-state index contributed by atoms with van der Waals surface area (Å²) in [4.78, 5) is 23.9. The zero-order chi connectivity index (χ0) is 14.9. The van der Waals surface area contributed by atoms with E-state index in [0.29, 0.717) is 6.61 Å². The van der Waals surface area contributed by atoms with Crippen LogP contribution in [0, 0.1) is 20.8 Å². The molecule has 106 valence electrons. The number of fused-ring (bicyclic) bond motifs is 1. The normalized spacial score (nSPS) is 10.8. The van der Waals surface area contributed by atoms with Crippen LogP contribution in [0.1, 0.15) is 23.6 Å². The summed E-state index contributed by atoms with van der Waals surface area (Å²) in [6.07, 6.45) is 0. The Morgan fingerprint density at radius 1 is 1.15 bits per heavy atom. The second-order valence-electron chi connectivity index (χ2n) is 5.03. The van der Waals surface area contributed by atoms with Crippen molar-refractivity contribution in [3.05, 3.63) is 45.2 Å². The Hall–Kier alpha value is -2.10. The lowest BCUT2D eigenvalue weighted by molar-refractivity contribution is -0.143. The van der Waals surface area contributed by atoms with Crippen molar-refractivity contribution in [1.82, 2.24) is 4.57 Å². The fourth-order valence-electron chi connectivity index (χ4n) is 2.56. The number of benzene rings is 1.